The van der Waals surface area contributed by atoms with E-state index in [0.717, 1.165) is 21.6 Å². The number of carbonyl (C=O) groups is 2. The molecule has 0 aliphatic carbocycles. The third kappa shape index (κ3) is 3.49. The van der Waals surface area contributed by atoms with Gasteiger partial charge in [-0.15, -0.1) is 11.3 Å². The molecule has 5 heteroatoms. The maximum atomic E-state index is 13.5. The highest BCUT2D eigenvalue weighted by Crippen LogP contribution is 2.37. The Morgan fingerprint density at radius 2 is 1.69 bits per heavy atom. The van der Waals surface area contributed by atoms with E-state index in [-0.39, 0.29) is 11.8 Å². The van der Waals surface area contributed by atoms with Gasteiger partial charge >= 0.3 is 0 Å². The zero-order valence-corrected chi connectivity index (χ0v) is 17.5. The lowest BCUT2D eigenvalue weighted by Gasteiger charge is -2.22. The first-order chi connectivity index (χ1) is 14.0. The number of nitrogens with zero attached hydrogens (tertiary/aromatic N) is 2. The van der Waals surface area contributed by atoms with Crippen LogP contribution in [0.1, 0.15) is 21.6 Å². The van der Waals surface area contributed by atoms with Crippen molar-refractivity contribution in [3.8, 4) is 0 Å². The Balaban J connectivity index is 1.79. The summed E-state index contributed by atoms with van der Waals surface area (Å²) in [6.07, 6.45) is 0. The normalized spacial score (nSPS) is 14.1. The quantitative estimate of drug-likeness (QED) is 0.577. The summed E-state index contributed by atoms with van der Waals surface area (Å²) < 4.78 is 0. The van der Waals surface area contributed by atoms with Crippen molar-refractivity contribution in [3.63, 3.8) is 0 Å². The highest BCUT2D eigenvalue weighted by atomic mass is 32.1. The summed E-state index contributed by atoms with van der Waals surface area (Å²) in [5.41, 5.74) is 4.65. The van der Waals surface area contributed by atoms with E-state index in [9.17, 15) is 9.59 Å². The van der Waals surface area contributed by atoms with Gasteiger partial charge in [0, 0.05) is 18.5 Å². The van der Waals surface area contributed by atoms with Gasteiger partial charge in [0.05, 0.1) is 11.3 Å². The first-order valence-electron chi connectivity index (χ1n) is 9.46. The van der Waals surface area contributed by atoms with Crippen LogP contribution >= 0.6 is 11.3 Å². The maximum Gasteiger partial charge on any atom is 0.282 e. The Hall–Kier alpha value is -3.18. The standard InChI is InChI=1S/C24H22N2O2S/c1-16-11-12-19(17(2)14-16)26-23(27)21(20-10-7-13-29-20)22(24(26)28)25(3)15-18-8-5-4-6-9-18/h4-14H,15H2,1-3H3. The topological polar surface area (TPSA) is 40.6 Å². The number of imide groups is 1. The van der Waals surface area contributed by atoms with Crippen LogP contribution in [0.3, 0.4) is 0 Å². The summed E-state index contributed by atoms with van der Waals surface area (Å²) in [7, 11) is 1.87. The number of thiophene rings is 1. The zero-order valence-electron chi connectivity index (χ0n) is 16.7. The minimum Gasteiger partial charge on any atom is -0.365 e. The van der Waals surface area contributed by atoms with Crippen molar-refractivity contribution in [2.75, 3.05) is 11.9 Å². The van der Waals surface area contributed by atoms with Crippen molar-refractivity contribution >= 4 is 34.4 Å². The fourth-order valence-corrected chi connectivity index (χ4v) is 4.49. The minimum atomic E-state index is -0.274. The Bertz CT molecular complexity index is 1100. The maximum absolute atomic E-state index is 13.5. The molecule has 2 heterocycles. The summed E-state index contributed by atoms with van der Waals surface area (Å²) in [5, 5.41) is 1.93. The van der Waals surface area contributed by atoms with Gasteiger partial charge in [-0.1, -0.05) is 54.1 Å². The van der Waals surface area contributed by atoms with Gasteiger partial charge in [-0.3, -0.25) is 9.59 Å². The predicted molar refractivity (Wildman–Crippen MR) is 118 cm³/mol. The summed E-state index contributed by atoms with van der Waals surface area (Å²) >= 11 is 1.47. The molecule has 1 aliphatic heterocycles. The Kier molecular flexibility index (Phi) is 5.07. The summed E-state index contributed by atoms with van der Waals surface area (Å²) in [6.45, 7) is 4.48. The summed E-state index contributed by atoms with van der Waals surface area (Å²) in [5.74, 6) is -0.539. The van der Waals surface area contributed by atoms with Crippen molar-refractivity contribution in [2.24, 2.45) is 0 Å². The van der Waals surface area contributed by atoms with Gasteiger partial charge in [-0.05, 0) is 42.5 Å². The number of carbonyl (C=O) groups excluding carboxylic acids is 2. The van der Waals surface area contributed by atoms with Gasteiger partial charge in [-0.2, -0.15) is 0 Å². The number of likely N-dealkylation sites (N-methyl/N-ethyl adjacent to an activating group) is 1. The third-order valence-electron chi connectivity index (χ3n) is 5.06. The van der Waals surface area contributed by atoms with Gasteiger partial charge in [0.1, 0.15) is 5.70 Å². The Labute approximate surface area is 174 Å². The van der Waals surface area contributed by atoms with Crippen LogP contribution in [0, 0.1) is 13.8 Å². The van der Waals surface area contributed by atoms with Crippen molar-refractivity contribution in [1.29, 1.82) is 0 Å². The van der Waals surface area contributed by atoms with E-state index in [2.05, 4.69) is 0 Å². The second-order valence-corrected chi connectivity index (χ2v) is 8.23. The number of rotatable bonds is 5. The van der Waals surface area contributed by atoms with E-state index in [4.69, 9.17) is 0 Å². The molecule has 0 saturated heterocycles. The molecular weight excluding hydrogens is 380 g/mol. The lowest BCUT2D eigenvalue weighted by atomic mass is 10.1. The molecule has 146 valence electrons. The van der Waals surface area contributed by atoms with E-state index in [0.29, 0.717) is 23.5 Å². The second kappa shape index (κ2) is 7.68. The van der Waals surface area contributed by atoms with Crippen LogP contribution in [0.15, 0.2) is 71.7 Å². The van der Waals surface area contributed by atoms with Crippen LogP contribution in [-0.4, -0.2) is 23.8 Å². The molecule has 0 radical (unpaired) electrons. The molecule has 2 aromatic carbocycles. The van der Waals surface area contributed by atoms with E-state index >= 15 is 0 Å². The number of aryl methyl sites for hydroxylation is 2. The minimum absolute atomic E-state index is 0.265. The average molecular weight is 403 g/mol. The predicted octanol–water partition coefficient (Wildman–Crippen LogP) is 4.78. The molecule has 1 aromatic heterocycles. The van der Waals surface area contributed by atoms with Crippen molar-refractivity contribution < 1.29 is 9.59 Å². The molecule has 2 amide bonds. The molecule has 4 rings (SSSR count). The van der Waals surface area contributed by atoms with Gasteiger partial charge < -0.3 is 4.90 Å². The number of anilines is 1. The first kappa shape index (κ1) is 19.2. The molecule has 0 spiro atoms. The molecule has 1 aliphatic rings. The smallest absolute Gasteiger partial charge is 0.282 e. The molecule has 0 unspecified atom stereocenters. The van der Waals surface area contributed by atoms with Crippen LogP contribution in [0.2, 0.25) is 0 Å². The third-order valence-corrected chi connectivity index (χ3v) is 5.95. The highest BCUT2D eigenvalue weighted by Gasteiger charge is 2.42. The lowest BCUT2D eigenvalue weighted by molar-refractivity contribution is -0.120. The van der Waals surface area contributed by atoms with Crippen molar-refractivity contribution in [2.45, 2.75) is 20.4 Å². The largest absolute Gasteiger partial charge is 0.365 e. The van der Waals surface area contributed by atoms with Crippen molar-refractivity contribution in [1.82, 2.24) is 4.90 Å². The van der Waals surface area contributed by atoms with E-state index in [1.807, 2.05) is 91.8 Å². The molecule has 0 atom stereocenters. The summed E-state index contributed by atoms with van der Waals surface area (Å²) in [6, 6.07) is 19.5. The molecule has 29 heavy (non-hydrogen) atoms. The van der Waals surface area contributed by atoms with Crippen LogP contribution in [-0.2, 0) is 16.1 Å². The fourth-order valence-electron chi connectivity index (χ4n) is 3.73. The van der Waals surface area contributed by atoms with Gasteiger partial charge in [0.25, 0.3) is 11.8 Å². The zero-order chi connectivity index (χ0) is 20.5. The van der Waals surface area contributed by atoms with Crippen LogP contribution in [0.25, 0.3) is 5.57 Å². The number of benzene rings is 2. The molecule has 3 aromatic rings. The lowest BCUT2D eigenvalue weighted by Crippen LogP contribution is -2.34. The van der Waals surface area contributed by atoms with Crippen LogP contribution < -0.4 is 4.90 Å². The van der Waals surface area contributed by atoms with Gasteiger partial charge in [0.15, 0.2) is 0 Å². The summed E-state index contributed by atoms with van der Waals surface area (Å²) in [4.78, 5) is 31.0. The number of amides is 2. The van der Waals surface area contributed by atoms with E-state index in [1.165, 1.54) is 16.2 Å². The Morgan fingerprint density at radius 3 is 2.34 bits per heavy atom. The van der Waals surface area contributed by atoms with E-state index in [1.54, 1.807) is 0 Å². The second-order valence-electron chi connectivity index (χ2n) is 7.28. The van der Waals surface area contributed by atoms with Gasteiger partial charge in [0.2, 0.25) is 0 Å². The molecule has 0 N–H and O–H groups in total. The molecular formula is C24H22N2O2S. The monoisotopic (exact) mass is 402 g/mol. The molecule has 0 fully saturated rings. The first-order valence-corrected chi connectivity index (χ1v) is 10.3. The van der Waals surface area contributed by atoms with Crippen LogP contribution in [0.5, 0.6) is 0 Å². The molecule has 0 bridgehead atoms. The van der Waals surface area contributed by atoms with Gasteiger partial charge in [-0.25, -0.2) is 4.90 Å². The number of hydrogen-bond acceptors (Lipinski definition) is 4. The van der Waals surface area contributed by atoms with Crippen LogP contribution in [0.4, 0.5) is 5.69 Å². The SMILES string of the molecule is Cc1ccc(N2C(=O)C(c3cccs3)=C(N(C)Cc3ccccc3)C2=O)c(C)c1. The number of hydrogen-bond donors (Lipinski definition) is 0. The molecule has 0 saturated carbocycles. The highest BCUT2D eigenvalue weighted by molar-refractivity contribution is 7.11. The van der Waals surface area contributed by atoms with E-state index < -0.39 is 0 Å². The average Bonchev–Trinajstić information content (AvgIpc) is 3.30. The fraction of sp³-hybridized carbons (Fsp3) is 0.167. The molecule has 4 nitrogen and oxygen atoms in total. The Morgan fingerprint density at radius 1 is 0.931 bits per heavy atom. The van der Waals surface area contributed by atoms with Crippen molar-refractivity contribution in [3.05, 3.63) is 93.3 Å².